The minimum Gasteiger partial charge on any atom is -0.378 e. The number of hydrogen-bond acceptors (Lipinski definition) is 8. The monoisotopic (exact) mass is 470 g/mol. The highest BCUT2D eigenvalue weighted by Crippen LogP contribution is 2.57. The van der Waals surface area contributed by atoms with E-state index in [-0.39, 0.29) is 4.08 Å². The van der Waals surface area contributed by atoms with Crippen LogP contribution in [-0.4, -0.2) is 75.1 Å². The van der Waals surface area contributed by atoms with Gasteiger partial charge in [-0.25, -0.2) is 0 Å². The van der Waals surface area contributed by atoms with E-state index >= 15 is 0 Å². The van der Waals surface area contributed by atoms with Crippen molar-refractivity contribution in [2.75, 3.05) is 52.6 Å². The summed E-state index contributed by atoms with van der Waals surface area (Å²) in [6.07, 6.45) is 6.42. The minimum atomic E-state index is 0.209. The lowest BCUT2D eigenvalue weighted by atomic mass is 10.00. The molecular formula is C16H26N2O2S6. The average Bonchev–Trinajstić information content (AvgIpc) is 2.72. The van der Waals surface area contributed by atoms with Crippen molar-refractivity contribution in [1.29, 1.82) is 0 Å². The Balaban J connectivity index is 1.50. The van der Waals surface area contributed by atoms with Crippen LogP contribution in [-0.2, 0) is 9.47 Å². The van der Waals surface area contributed by atoms with Gasteiger partial charge in [0.25, 0.3) is 0 Å². The van der Waals surface area contributed by atoms with E-state index in [1.165, 1.54) is 32.1 Å². The van der Waals surface area contributed by atoms with Gasteiger partial charge < -0.3 is 19.3 Å². The zero-order valence-electron chi connectivity index (χ0n) is 14.9. The Hall–Kier alpha value is 1.10. The summed E-state index contributed by atoms with van der Waals surface area (Å²) in [7, 11) is 7.50. The predicted octanol–water partition coefficient (Wildman–Crippen LogP) is 4.64. The summed E-state index contributed by atoms with van der Waals surface area (Å²) in [5, 5.41) is 0. The van der Waals surface area contributed by atoms with Crippen molar-refractivity contribution in [3.05, 3.63) is 0 Å². The molecule has 0 radical (unpaired) electrons. The van der Waals surface area contributed by atoms with Crippen molar-refractivity contribution >= 4 is 76.3 Å². The highest BCUT2D eigenvalue weighted by Gasteiger charge is 2.36. The van der Waals surface area contributed by atoms with Gasteiger partial charge in [-0.2, -0.15) is 0 Å². The van der Waals surface area contributed by atoms with Crippen LogP contribution in [0.2, 0.25) is 0 Å². The Labute approximate surface area is 183 Å². The van der Waals surface area contributed by atoms with Crippen LogP contribution in [0.15, 0.2) is 0 Å². The average molecular weight is 471 g/mol. The van der Waals surface area contributed by atoms with Gasteiger partial charge in [0.2, 0.25) is 0 Å². The van der Waals surface area contributed by atoms with E-state index in [0.29, 0.717) is 0 Å². The largest absolute Gasteiger partial charge is 0.378 e. The first-order chi connectivity index (χ1) is 12.7. The zero-order valence-corrected chi connectivity index (χ0v) is 19.8. The molecule has 1 saturated carbocycles. The van der Waals surface area contributed by atoms with E-state index in [2.05, 4.69) is 9.80 Å². The molecule has 0 aromatic heterocycles. The second-order valence-corrected chi connectivity index (χ2v) is 13.1. The molecule has 2 heterocycles. The van der Waals surface area contributed by atoms with E-state index in [4.69, 9.17) is 33.9 Å². The molecule has 3 rings (SSSR count). The van der Waals surface area contributed by atoms with Crippen LogP contribution in [0.4, 0.5) is 0 Å². The molecule has 0 aromatic carbocycles. The first kappa shape index (κ1) is 21.8. The van der Waals surface area contributed by atoms with E-state index in [1.807, 2.05) is 21.6 Å². The zero-order chi connectivity index (χ0) is 18.2. The fraction of sp³-hybridized carbons (Fsp3) is 0.875. The van der Waals surface area contributed by atoms with Crippen LogP contribution in [0.3, 0.4) is 0 Å². The van der Waals surface area contributed by atoms with E-state index < -0.39 is 0 Å². The summed E-state index contributed by atoms with van der Waals surface area (Å²) < 4.78 is 13.1. The van der Waals surface area contributed by atoms with E-state index in [0.717, 1.165) is 61.2 Å². The summed E-state index contributed by atoms with van der Waals surface area (Å²) in [5.74, 6) is 0. The highest BCUT2D eigenvalue weighted by molar-refractivity contribution is 8.91. The Morgan fingerprint density at radius 2 is 1.12 bits per heavy atom. The van der Waals surface area contributed by atoms with Gasteiger partial charge in [0.15, 0.2) is 0 Å². The SMILES string of the molecule is S=C(SSC1(SSC(=S)N2CCOCC2)CCCCC1)N1CCOCC1. The van der Waals surface area contributed by atoms with Crippen molar-refractivity contribution < 1.29 is 9.47 Å². The van der Waals surface area contributed by atoms with Crippen LogP contribution in [0.1, 0.15) is 32.1 Å². The predicted molar refractivity (Wildman–Crippen MR) is 126 cm³/mol. The Morgan fingerprint density at radius 3 is 1.54 bits per heavy atom. The van der Waals surface area contributed by atoms with Crippen molar-refractivity contribution in [2.24, 2.45) is 0 Å². The molecule has 2 aliphatic heterocycles. The molecule has 0 bridgehead atoms. The summed E-state index contributed by atoms with van der Waals surface area (Å²) in [6, 6.07) is 0. The lowest BCUT2D eigenvalue weighted by Crippen LogP contribution is -2.39. The van der Waals surface area contributed by atoms with Gasteiger partial charge in [-0.15, -0.1) is 0 Å². The summed E-state index contributed by atoms with van der Waals surface area (Å²) in [4.78, 5) is 4.56. The summed E-state index contributed by atoms with van der Waals surface area (Å²) in [6.45, 7) is 6.82. The molecule has 2 saturated heterocycles. The maximum Gasteiger partial charge on any atom is 0.147 e. The lowest BCUT2D eigenvalue weighted by molar-refractivity contribution is 0.0702. The van der Waals surface area contributed by atoms with Crippen LogP contribution < -0.4 is 0 Å². The third kappa shape index (κ3) is 6.57. The van der Waals surface area contributed by atoms with Crippen LogP contribution in [0, 0.1) is 0 Å². The lowest BCUT2D eigenvalue weighted by Gasteiger charge is -2.37. The molecule has 0 N–H and O–H groups in total. The highest BCUT2D eigenvalue weighted by atomic mass is 33.1. The number of rotatable bonds is 4. The molecule has 0 unspecified atom stereocenters. The van der Waals surface area contributed by atoms with E-state index in [9.17, 15) is 0 Å². The number of thiocarbonyl (C=S) groups is 2. The minimum absolute atomic E-state index is 0.209. The van der Waals surface area contributed by atoms with Gasteiger partial charge >= 0.3 is 0 Å². The smallest absolute Gasteiger partial charge is 0.147 e. The number of ether oxygens (including phenoxy) is 2. The molecular weight excluding hydrogens is 445 g/mol. The first-order valence-electron chi connectivity index (χ1n) is 9.13. The van der Waals surface area contributed by atoms with Gasteiger partial charge in [-0.05, 0) is 34.4 Å². The molecule has 26 heavy (non-hydrogen) atoms. The molecule has 0 atom stereocenters. The quantitative estimate of drug-likeness (QED) is 0.328. The number of nitrogens with zero attached hydrogens (tertiary/aromatic N) is 2. The molecule has 0 aromatic rings. The first-order valence-corrected chi connectivity index (χ1v) is 14.2. The topological polar surface area (TPSA) is 24.9 Å². The molecule has 1 aliphatic carbocycles. The summed E-state index contributed by atoms with van der Waals surface area (Å²) in [5.41, 5.74) is 0. The fourth-order valence-electron chi connectivity index (χ4n) is 3.09. The summed E-state index contributed by atoms with van der Waals surface area (Å²) >= 11 is 11.4. The van der Waals surface area contributed by atoms with Crippen molar-refractivity contribution in [3.8, 4) is 0 Å². The van der Waals surface area contributed by atoms with Crippen molar-refractivity contribution in [3.63, 3.8) is 0 Å². The second kappa shape index (κ2) is 11.3. The van der Waals surface area contributed by atoms with Crippen molar-refractivity contribution in [1.82, 2.24) is 9.80 Å². The van der Waals surface area contributed by atoms with Gasteiger partial charge in [-0.1, -0.05) is 65.3 Å². The Bertz CT molecular complexity index is 441. The number of morpholine rings is 2. The van der Waals surface area contributed by atoms with Crippen LogP contribution >= 0.6 is 67.6 Å². The molecule has 10 heteroatoms. The Kier molecular flexibility index (Phi) is 9.50. The maximum atomic E-state index is 5.68. The second-order valence-electron chi connectivity index (χ2n) is 6.54. The standard InChI is InChI=1S/C16H26N2O2S6/c21-14(17-6-10-19-11-7-17)23-25-16(4-2-1-3-5-16)26-24-15(22)18-8-12-20-13-9-18/h1-13H2. The van der Waals surface area contributed by atoms with Crippen LogP contribution in [0.5, 0.6) is 0 Å². The van der Waals surface area contributed by atoms with Gasteiger partial charge in [-0.3, -0.25) is 0 Å². The third-order valence-electron chi connectivity index (χ3n) is 4.68. The molecule has 4 nitrogen and oxygen atoms in total. The Morgan fingerprint density at radius 1 is 0.692 bits per heavy atom. The third-order valence-corrected chi connectivity index (χ3v) is 13.2. The van der Waals surface area contributed by atoms with Crippen molar-refractivity contribution in [2.45, 2.75) is 36.2 Å². The molecule has 0 amide bonds. The molecule has 3 fully saturated rings. The normalized spacial score (nSPS) is 23.7. The maximum absolute atomic E-state index is 5.68. The van der Waals surface area contributed by atoms with E-state index in [1.54, 1.807) is 21.6 Å². The van der Waals surface area contributed by atoms with Gasteiger partial charge in [0.05, 0.1) is 30.5 Å². The van der Waals surface area contributed by atoms with Crippen LogP contribution in [0.25, 0.3) is 0 Å². The fourth-order valence-corrected chi connectivity index (χ4v) is 10.7. The molecule has 148 valence electrons. The van der Waals surface area contributed by atoms with Gasteiger partial charge in [0.1, 0.15) is 8.64 Å². The number of hydrogen-bond donors (Lipinski definition) is 0. The van der Waals surface area contributed by atoms with Gasteiger partial charge in [0, 0.05) is 26.2 Å². The molecule has 3 aliphatic rings. The molecule has 0 spiro atoms.